The molecule has 3 aromatic rings. The van der Waals surface area contributed by atoms with E-state index in [4.69, 9.17) is 0 Å². The molecule has 22 heavy (non-hydrogen) atoms. The second-order valence-electron chi connectivity index (χ2n) is 5.24. The second kappa shape index (κ2) is 4.77. The van der Waals surface area contributed by atoms with E-state index in [0.29, 0.717) is 4.96 Å². The summed E-state index contributed by atoms with van der Waals surface area (Å²) in [7, 11) is 0. The monoisotopic (exact) mass is 318 g/mol. The van der Waals surface area contributed by atoms with Crippen molar-refractivity contribution in [1.29, 1.82) is 0 Å². The third-order valence-electron chi connectivity index (χ3n) is 3.80. The van der Waals surface area contributed by atoms with Crippen molar-refractivity contribution in [2.45, 2.75) is 18.4 Å². The van der Waals surface area contributed by atoms with E-state index in [1.54, 1.807) is 17.6 Å². The minimum Gasteiger partial charge on any atom is -0.360 e. The molecule has 1 N–H and O–H groups in total. The number of aromatic nitrogens is 2. The highest BCUT2D eigenvalue weighted by Crippen LogP contribution is 2.44. The number of anilines is 1. The molecule has 4 rings (SSSR count). The molecule has 0 bridgehead atoms. The van der Waals surface area contributed by atoms with Crippen LogP contribution >= 0.6 is 11.3 Å². The summed E-state index contributed by atoms with van der Waals surface area (Å²) < 4.78 is 14.7. The third-order valence-corrected chi connectivity index (χ3v) is 4.56. The van der Waals surface area contributed by atoms with E-state index in [1.807, 2.05) is 6.07 Å². The number of benzene rings is 1. The molecule has 2 aromatic heterocycles. The molecular weight excluding hydrogens is 307 g/mol. The lowest BCUT2D eigenvalue weighted by Gasteiger charge is -2.03. The number of nitrogens with zero attached hydrogens (tertiary/aromatic N) is 3. The maximum atomic E-state index is 13.3. The molecule has 0 saturated heterocycles. The molecule has 0 radical (unpaired) electrons. The first-order valence-corrected chi connectivity index (χ1v) is 7.63. The standard InChI is InChI=1S/C14H11FN4O2S/c15-9-3-1-2-8(6-9)10-7-11(10)16-12-13(19(20)21)18-4-5-22-14(18)17-12/h1-6,10-11,16H,7H2/t10-,11+/m0/s1. The van der Waals surface area contributed by atoms with Gasteiger partial charge in [0.15, 0.2) is 0 Å². The van der Waals surface area contributed by atoms with Crippen LogP contribution in [0.5, 0.6) is 0 Å². The zero-order valence-electron chi connectivity index (χ0n) is 11.3. The van der Waals surface area contributed by atoms with E-state index in [0.717, 1.165) is 12.0 Å². The van der Waals surface area contributed by atoms with Crippen LogP contribution in [-0.4, -0.2) is 20.3 Å². The first-order chi connectivity index (χ1) is 10.6. The lowest BCUT2D eigenvalue weighted by atomic mass is 10.1. The highest BCUT2D eigenvalue weighted by Gasteiger charge is 2.40. The van der Waals surface area contributed by atoms with E-state index >= 15 is 0 Å². The molecule has 1 aliphatic rings. The molecule has 0 unspecified atom stereocenters. The molecule has 0 amide bonds. The van der Waals surface area contributed by atoms with Crippen LogP contribution < -0.4 is 5.32 Å². The number of rotatable bonds is 4. The molecule has 8 heteroatoms. The SMILES string of the molecule is O=[N+]([O-])c1c(N[C@@H]2C[C@H]2c2cccc(F)c2)nc2sccn12. The van der Waals surface area contributed by atoms with Gasteiger partial charge in [0.25, 0.3) is 4.96 Å². The molecule has 1 saturated carbocycles. The molecule has 0 aliphatic heterocycles. The predicted octanol–water partition coefficient (Wildman–Crippen LogP) is 3.41. The molecule has 112 valence electrons. The molecule has 2 heterocycles. The highest BCUT2D eigenvalue weighted by atomic mass is 32.1. The Morgan fingerprint density at radius 3 is 3.14 bits per heavy atom. The minimum atomic E-state index is -0.436. The van der Waals surface area contributed by atoms with Crippen LogP contribution in [0.4, 0.5) is 16.0 Å². The summed E-state index contributed by atoms with van der Waals surface area (Å²) >= 11 is 1.34. The van der Waals surface area contributed by atoms with E-state index < -0.39 is 4.92 Å². The third kappa shape index (κ3) is 2.12. The zero-order chi connectivity index (χ0) is 15.3. The van der Waals surface area contributed by atoms with Gasteiger partial charge in [-0.25, -0.2) is 4.39 Å². The normalized spacial score (nSPS) is 20.2. The van der Waals surface area contributed by atoms with Crippen molar-refractivity contribution >= 4 is 27.9 Å². The summed E-state index contributed by atoms with van der Waals surface area (Å²) in [6, 6.07) is 6.50. The smallest absolute Gasteiger partial charge is 0.360 e. The summed E-state index contributed by atoms with van der Waals surface area (Å²) in [5.41, 5.74) is 0.904. The fourth-order valence-corrected chi connectivity index (χ4v) is 3.39. The Morgan fingerprint density at radius 1 is 1.50 bits per heavy atom. The number of thiazole rings is 1. The van der Waals surface area contributed by atoms with Gasteiger partial charge in [0.05, 0.1) is 0 Å². The predicted molar refractivity (Wildman–Crippen MR) is 80.9 cm³/mol. The van der Waals surface area contributed by atoms with Crippen molar-refractivity contribution in [3.8, 4) is 0 Å². The number of halogens is 1. The molecule has 1 fully saturated rings. The summed E-state index contributed by atoms with van der Waals surface area (Å²) in [4.78, 5) is 15.7. The van der Waals surface area contributed by atoms with Crippen molar-refractivity contribution in [2.75, 3.05) is 5.32 Å². The molecular formula is C14H11FN4O2S. The van der Waals surface area contributed by atoms with Gasteiger partial charge in [0.2, 0.25) is 5.82 Å². The Kier molecular flexibility index (Phi) is 2.86. The second-order valence-corrected chi connectivity index (χ2v) is 6.12. The van der Waals surface area contributed by atoms with E-state index in [1.165, 1.54) is 27.9 Å². The van der Waals surface area contributed by atoms with E-state index in [-0.39, 0.29) is 29.4 Å². The van der Waals surface area contributed by atoms with Gasteiger partial charge in [-0.1, -0.05) is 23.5 Å². The topological polar surface area (TPSA) is 72.5 Å². The maximum absolute atomic E-state index is 13.3. The Balaban J connectivity index is 1.59. The van der Waals surface area contributed by atoms with Crippen LogP contribution in [0.1, 0.15) is 17.9 Å². The lowest BCUT2D eigenvalue weighted by molar-refractivity contribution is -0.389. The Morgan fingerprint density at radius 2 is 2.36 bits per heavy atom. The van der Waals surface area contributed by atoms with Gasteiger partial charge in [-0.05, 0) is 29.0 Å². The maximum Gasteiger partial charge on any atom is 0.372 e. The largest absolute Gasteiger partial charge is 0.372 e. The van der Waals surface area contributed by atoms with E-state index in [9.17, 15) is 14.5 Å². The zero-order valence-corrected chi connectivity index (χ0v) is 12.1. The van der Waals surface area contributed by atoms with Crippen LogP contribution in [0.2, 0.25) is 0 Å². The van der Waals surface area contributed by atoms with Gasteiger partial charge < -0.3 is 15.4 Å². The van der Waals surface area contributed by atoms with Crippen LogP contribution in [0, 0.1) is 15.9 Å². The fourth-order valence-electron chi connectivity index (χ4n) is 2.68. The molecule has 1 aliphatic carbocycles. The first-order valence-electron chi connectivity index (χ1n) is 6.75. The van der Waals surface area contributed by atoms with Crippen molar-refractivity contribution in [3.05, 3.63) is 57.3 Å². The number of imidazole rings is 1. The van der Waals surface area contributed by atoms with E-state index in [2.05, 4.69) is 10.3 Å². The van der Waals surface area contributed by atoms with Gasteiger partial charge in [0.1, 0.15) is 12.0 Å². The van der Waals surface area contributed by atoms with Gasteiger partial charge in [-0.3, -0.25) is 0 Å². The number of nitrogens with one attached hydrogen (secondary N) is 1. The Bertz CT molecular complexity index is 875. The van der Waals surface area contributed by atoms with Gasteiger partial charge in [-0.2, -0.15) is 9.38 Å². The molecule has 0 spiro atoms. The van der Waals surface area contributed by atoms with Crippen LogP contribution in [-0.2, 0) is 0 Å². The minimum absolute atomic E-state index is 0.0464. The van der Waals surface area contributed by atoms with Gasteiger partial charge in [-0.15, -0.1) is 0 Å². The Labute approximate surface area is 128 Å². The van der Waals surface area contributed by atoms with Gasteiger partial charge in [0, 0.05) is 17.3 Å². The summed E-state index contributed by atoms with van der Waals surface area (Å²) in [6.07, 6.45) is 2.44. The number of fused-ring (bicyclic) bond motifs is 1. The molecule has 6 nitrogen and oxygen atoms in total. The van der Waals surface area contributed by atoms with Crippen LogP contribution in [0.15, 0.2) is 35.8 Å². The highest BCUT2D eigenvalue weighted by molar-refractivity contribution is 7.15. The van der Waals surface area contributed by atoms with Gasteiger partial charge >= 0.3 is 5.82 Å². The average molecular weight is 318 g/mol. The Hall–Kier alpha value is -2.48. The van der Waals surface area contributed by atoms with Crippen LogP contribution in [0.3, 0.4) is 0 Å². The summed E-state index contributed by atoms with van der Waals surface area (Å²) in [6.45, 7) is 0. The number of hydrogen-bond donors (Lipinski definition) is 1. The molecule has 2 atom stereocenters. The summed E-state index contributed by atoms with van der Waals surface area (Å²) in [5, 5.41) is 16.1. The van der Waals surface area contributed by atoms with Crippen molar-refractivity contribution < 1.29 is 9.31 Å². The number of nitro groups is 1. The lowest BCUT2D eigenvalue weighted by Crippen LogP contribution is -2.07. The number of hydrogen-bond acceptors (Lipinski definition) is 5. The van der Waals surface area contributed by atoms with Crippen molar-refractivity contribution in [1.82, 2.24) is 9.38 Å². The fraction of sp³-hybridized carbons (Fsp3) is 0.214. The summed E-state index contributed by atoms with van der Waals surface area (Å²) in [5.74, 6) is 0.119. The first kappa shape index (κ1) is 13.2. The molecule has 1 aromatic carbocycles. The quantitative estimate of drug-likeness (QED) is 0.591. The van der Waals surface area contributed by atoms with Crippen LogP contribution in [0.25, 0.3) is 4.96 Å². The average Bonchev–Trinajstić information content (AvgIpc) is 2.92. The van der Waals surface area contributed by atoms with Crippen molar-refractivity contribution in [2.24, 2.45) is 0 Å². The van der Waals surface area contributed by atoms with Crippen molar-refractivity contribution in [3.63, 3.8) is 0 Å².